The second kappa shape index (κ2) is 9.07. The fourth-order valence-electron chi connectivity index (χ4n) is 3.24. The number of thiophene rings is 1. The molecule has 2 aromatic heterocycles. The number of H-pyrrole nitrogens is 1. The van der Waals surface area contributed by atoms with Crippen LogP contribution < -0.4 is 16.4 Å². The van der Waals surface area contributed by atoms with Gasteiger partial charge in [-0.2, -0.15) is 4.98 Å². The van der Waals surface area contributed by atoms with Gasteiger partial charge in [0.1, 0.15) is 5.00 Å². The van der Waals surface area contributed by atoms with Crippen molar-refractivity contribution in [3.63, 3.8) is 0 Å². The molecule has 1 aliphatic carbocycles. The zero-order valence-corrected chi connectivity index (χ0v) is 18.2. The highest BCUT2D eigenvalue weighted by Gasteiger charge is 2.26. The lowest BCUT2D eigenvalue weighted by Gasteiger charge is -2.13. The van der Waals surface area contributed by atoms with Gasteiger partial charge in [-0.05, 0) is 55.5 Å². The van der Waals surface area contributed by atoms with Crippen molar-refractivity contribution < 1.29 is 9.59 Å². The lowest BCUT2D eigenvalue weighted by Crippen LogP contribution is -2.19. The van der Waals surface area contributed by atoms with E-state index >= 15 is 0 Å². The number of hydrogen-bond acceptors (Lipinski definition) is 7. The molecule has 1 aliphatic rings. The van der Waals surface area contributed by atoms with Crippen molar-refractivity contribution in [2.75, 3.05) is 22.1 Å². The fraction of sp³-hybridized carbons (Fsp3) is 0.263. The van der Waals surface area contributed by atoms with E-state index in [0.29, 0.717) is 26.4 Å². The summed E-state index contributed by atoms with van der Waals surface area (Å²) in [6.45, 7) is 0. The van der Waals surface area contributed by atoms with Crippen LogP contribution in [0.15, 0.2) is 29.4 Å². The first-order chi connectivity index (χ1) is 14.5. The van der Waals surface area contributed by atoms with Crippen molar-refractivity contribution in [3.05, 3.63) is 45.3 Å². The smallest absolute Gasteiger partial charge is 0.258 e. The first kappa shape index (κ1) is 20.7. The molecule has 0 atom stereocenters. The van der Waals surface area contributed by atoms with E-state index in [1.165, 1.54) is 23.1 Å². The van der Waals surface area contributed by atoms with Gasteiger partial charge in [-0.1, -0.05) is 23.4 Å². The number of nitrogens with zero attached hydrogens (tertiary/aromatic N) is 2. The molecule has 0 unspecified atom stereocenters. The second-order valence-electron chi connectivity index (χ2n) is 6.72. The zero-order valence-electron chi connectivity index (χ0n) is 15.8. The number of aryl methyl sites for hydroxylation is 1. The number of carbonyl (C=O) groups excluding carboxylic acids is 2. The van der Waals surface area contributed by atoms with Gasteiger partial charge in [-0.3, -0.25) is 9.59 Å². The standard InChI is InChI=1S/C19H19ClN6O2S2/c20-10-5-7-11(8-6-10)22-16(28)15-12-3-1-2-4-13(12)30-17(15)23-14(27)9-29-19-24-18(21)25-26-19/h5-8H,1-4,9H2,(H,22,28)(H,23,27)(H3,21,24,25,26). The Balaban J connectivity index is 1.52. The van der Waals surface area contributed by atoms with E-state index in [4.69, 9.17) is 17.3 Å². The van der Waals surface area contributed by atoms with Gasteiger partial charge in [-0.15, -0.1) is 16.4 Å². The van der Waals surface area contributed by atoms with E-state index in [-0.39, 0.29) is 23.5 Å². The molecule has 2 heterocycles. The average Bonchev–Trinajstić information content (AvgIpc) is 3.31. The Kier molecular flexibility index (Phi) is 6.26. The number of fused-ring (bicyclic) bond motifs is 1. The van der Waals surface area contributed by atoms with Crippen molar-refractivity contribution in [2.45, 2.75) is 30.8 Å². The van der Waals surface area contributed by atoms with Gasteiger partial charge in [0.15, 0.2) is 0 Å². The third-order valence-electron chi connectivity index (χ3n) is 4.57. The summed E-state index contributed by atoms with van der Waals surface area (Å²) in [5, 5.41) is 13.8. The highest BCUT2D eigenvalue weighted by Crippen LogP contribution is 2.38. The Hall–Kier alpha value is -2.56. The third-order valence-corrected chi connectivity index (χ3v) is 6.87. The third kappa shape index (κ3) is 4.77. The molecule has 0 radical (unpaired) electrons. The highest BCUT2D eigenvalue weighted by atomic mass is 35.5. The molecule has 156 valence electrons. The number of nitrogen functional groups attached to an aromatic ring is 1. The van der Waals surface area contributed by atoms with Crippen LogP contribution in [0.25, 0.3) is 0 Å². The Bertz CT molecular complexity index is 1080. The maximum Gasteiger partial charge on any atom is 0.258 e. The summed E-state index contributed by atoms with van der Waals surface area (Å²) in [5.74, 6) is -0.160. The zero-order chi connectivity index (χ0) is 21.1. The number of aromatic amines is 1. The SMILES string of the molecule is Nc1nc(SCC(=O)Nc2sc3c(c2C(=O)Nc2ccc(Cl)cc2)CCCC3)n[nH]1. The first-order valence-corrected chi connectivity index (χ1v) is 11.5. The van der Waals surface area contributed by atoms with E-state index < -0.39 is 0 Å². The van der Waals surface area contributed by atoms with Gasteiger partial charge >= 0.3 is 0 Å². The molecule has 0 spiro atoms. The van der Waals surface area contributed by atoms with Gasteiger partial charge in [0.2, 0.25) is 17.0 Å². The molecule has 11 heteroatoms. The van der Waals surface area contributed by atoms with Gasteiger partial charge < -0.3 is 16.4 Å². The largest absolute Gasteiger partial charge is 0.368 e. The quantitative estimate of drug-likeness (QED) is 0.411. The number of benzene rings is 1. The summed E-state index contributed by atoms with van der Waals surface area (Å²) >= 11 is 8.57. The van der Waals surface area contributed by atoms with Crippen molar-refractivity contribution in [3.8, 4) is 0 Å². The number of halogens is 1. The minimum Gasteiger partial charge on any atom is -0.368 e. The molecule has 1 aromatic carbocycles. The lowest BCUT2D eigenvalue weighted by molar-refractivity contribution is -0.113. The molecule has 4 rings (SSSR count). The predicted molar refractivity (Wildman–Crippen MR) is 121 cm³/mol. The number of nitrogens with one attached hydrogen (secondary N) is 3. The summed E-state index contributed by atoms with van der Waals surface area (Å²) in [6, 6.07) is 6.93. The van der Waals surface area contributed by atoms with E-state index in [9.17, 15) is 9.59 Å². The summed E-state index contributed by atoms with van der Waals surface area (Å²) in [6.07, 6.45) is 3.86. The van der Waals surface area contributed by atoms with Gasteiger partial charge in [0.25, 0.3) is 5.91 Å². The normalized spacial score (nSPS) is 13.0. The van der Waals surface area contributed by atoms with Crippen LogP contribution in [0.2, 0.25) is 5.02 Å². The van der Waals surface area contributed by atoms with Crippen LogP contribution in [0.5, 0.6) is 0 Å². The number of rotatable bonds is 6. The first-order valence-electron chi connectivity index (χ1n) is 9.31. The van der Waals surface area contributed by atoms with Crippen LogP contribution in [-0.2, 0) is 17.6 Å². The molecule has 0 saturated heterocycles. The van der Waals surface area contributed by atoms with Gasteiger partial charge in [0.05, 0.1) is 11.3 Å². The summed E-state index contributed by atoms with van der Waals surface area (Å²) < 4.78 is 0. The molecule has 0 aliphatic heterocycles. The van der Waals surface area contributed by atoms with Crippen LogP contribution >= 0.6 is 34.7 Å². The molecular weight excluding hydrogens is 444 g/mol. The van der Waals surface area contributed by atoms with Crippen molar-refractivity contribution >= 4 is 63.2 Å². The average molecular weight is 463 g/mol. The number of anilines is 3. The number of carbonyl (C=O) groups is 2. The molecule has 2 amide bonds. The van der Waals surface area contributed by atoms with Crippen molar-refractivity contribution in [1.82, 2.24) is 15.2 Å². The molecule has 5 N–H and O–H groups in total. The maximum absolute atomic E-state index is 13.1. The van der Waals surface area contributed by atoms with Crippen molar-refractivity contribution in [1.29, 1.82) is 0 Å². The Morgan fingerprint density at radius 1 is 1.20 bits per heavy atom. The molecular formula is C19H19ClN6O2S2. The molecule has 8 nitrogen and oxygen atoms in total. The monoisotopic (exact) mass is 462 g/mol. The minimum absolute atomic E-state index is 0.109. The Labute approximate surface area is 186 Å². The van der Waals surface area contributed by atoms with Crippen LogP contribution in [0.3, 0.4) is 0 Å². The van der Waals surface area contributed by atoms with Crippen LogP contribution in [0.4, 0.5) is 16.6 Å². The molecule has 30 heavy (non-hydrogen) atoms. The lowest BCUT2D eigenvalue weighted by atomic mass is 9.95. The summed E-state index contributed by atoms with van der Waals surface area (Å²) in [5.41, 5.74) is 7.72. The van der Waals surface area contributed by atoms with E-state index in [1.54, 1.807) is 24.3 Å². The number of nitrogens with two attached hydrogens (primary N) is 1. The van der Waals surface area contributed by atoms with Crippen molar-refractivity contribution in [2.24, 2.45) is 0 Å². The van der Waals surface area contributed by atoms with E-state index in [1.807, 2.05) is 0 Å². The molecule has 3 aromatic rings. The second-order valence-corrected chi connectivity index (χ2v) is 9.20. The highest BCUT2D eigenvalue weighted by molar-refractivity contribution is 7.99. The van der Waals surface area contributed by atoms with Crippen LogP contribution in [-0.4, -0.2) is 32.7 Å². The van der Waals surface area contributed by atoms with E-state index in [0.717, 1.165) is 36.1 Å². The minimum atomic E-state index is -0.235. The Morgan fingerprint density at radius 3 is 2.70 bits per heavy atom. The predicted octanol–water partition coefficient (Wildman–Crippen LogP) is 3.96. The molecule has 0 fully saturated rings. The number of amides is 2. The molecule has 0 saturated carbocycles. The number of aromatic nitrogens is 3. The Morgan fingerprint density at radius 2 is 1.97 bits per heavy atom. The van der Waals surface area contributed by atoms with Crippen LogP contribution in [0, 0.1) is 0 Å². The topological polar surface area (TPSA) is 126 Å². The summed E-state index contributed by atoms with van der Waals surface area (Å²) in [7, 11) is 0. The number of thioether (sulfide) groups is 1. The number of hydrogen-bond donors (Lipinski definition) is 4. The molecule has 0 bridgehead atoms. The maximum atomic E-state index is 13.1. The summed E-state index contributed by atoms with van der Waals surface area (Å²) in [4.78, 5) is 30.7. The van der Waals surface area contributed by atoms with Gasteiger partial charge in [0, 0.05) is 15.6 Å². The van der Waals surface area contributed by atoms with Gasteiger partial charge in [-0.25, -0.2) is 5.10 Å². The van der Waals surface area contributed by atoms with E-state index in [2.05, 4.69) is 25.8 Å². The van der Waals surface area contributed by atoms with Crippen LogP contribution in [0.1, 0.15) is 33.6 Å². The fourth-order valence-corrected chi connectivity index (χ4v) is 5.27.